The van der Waals surface area contributed by atoms with Crippen molar-refractivity contribution in [3.8, 4) is 28.4 Å². The normalized spacial score (nSPS) is 15.4. The van der Waals surface area contributed by atoms with E-state index < -0.39 is 0 Å². The van der Waals surface area contributed by atoms with Crippen molar-refractivity contribution >= 4 is 91.5 Å². The van der Waals surface area contributed by atoms with E-state index in [1.165, 1.54) is 12.2 Å². The molecule has 2 aliphatic rings. The van der Waals surface area contributed by atoms with Crippen molar-refractivity contribution in [1.82, 2.24) is 50.5 Å². The minimum Gasteiger partial charge on any atom is -0.480 e. The summed E-state index contributed by atoms with van der Waals surface area (Å²) in [5.41, 5.74) is 7.71. The van der Waals surface area contributed by atoms with Crippen LogP contribution in [0.25, 0.3) is 44.3 Å². The van der Waals surface area contributed by atoms with Gasteiger partial charge in [-0.15, -0.1) is 0 Å². The summed E-state index contributed by atoms with van der Waals surface area (Å²) in [6, 6.07) is 21.7. The molecule has 6 N–H and O–H groups in total. The third-order valence-corrected chi connectivity index (χ3v) is 11.9. The second-order valence-corrected chi connectivity index (χ2v) is 16.8. The Morgan fingerprint density at radius 2 is 1.18 bits per heavy atom. The number of rotatable bonds is 13. The van der Waals surface area contributed by atoms with Crippen molar-refractivity contribution in [2.75, 3.05) is 67.8 Å². The third-order valence-electron chi connectivity index (χ3n) is 11.2. The zero-order valence-electron chi connectivity index (χ0n) is 38.7. The summed E-state index contributed by atoms with van der Waals surface area (Å²) in [5.74, 6) is 0.479. The number of hydrogen-bond donors (Lipinski definition) is 6. The number of hydrogen-bond acceptors (Lipinski definition) is 17. The van der Waals surface area contributed by atoms with Gasteiger partial charge in [-0.3, -0.25) is 24.5 Å². The fourth-order valence-electron chi connectivity index (χ4n) is 7.74. The number of carbonyl (C=O) groups is 2. The summed E-state index contributed by atoms with van der Waals surface area (Å²) < 4.78 is 17.1. The predicted molar refractivity (Wildman–Crippen MR) is 278 cm³/mol. The van der Waals surface area contributed by atoms with Crippen LogP contribution in [0.3, 0.4) is 0 Å². The molecule has 364 valence electrons. The maximum Gasteiger partial charge on any atom is 0.247 e. The van der Waals surface area contributed by atoms with Crippen molar-refractivity contribution in [2.45, 2.75) is 12.2 Å². The number of nitrogens with one attached hydrogen (secondary N) is 6. The van der Waals surface area contributed by atoms with Gasteiger partial charge in [0.15, 0.2) is 0 Å². The average molecular weight is 1010 g/mol. The van der Waals surface area contributed by atoms with E-state index in [4.69, 9.17) is 47.4 Å². The molecule has 6 aromatic heterocycles. The fourth-order valence-corrected chi connectivity index (χ4v) is 8.24. The lowest BCUT2D eigenvalue weighted by Gasteiger charge is -2.23. The molecule has 72 heavy (non-hydrogen) atoms. The monoisotopic (exact) mass is 1000 g/mol. The van der Waals surface area contributed by atoms with Crippen LogP contribution in [0.5, 0.6) is 5.88 Å². The summed E-state index contributed by atoms with van der Waals surface area (Å²) >= 11 is 13.2. The lowest BCUT2D eigenvalue weighted by molar-refractivity contribution is -0.112. The number of pyridine rings is 4. The Kier molecular flexibility index (Phi) is 15.5. The largest absolute Gasteiger partial charge is 0.480 e. The number of carbonyl (C=O) groups excluding carboxylic acids is 2. The first-order valence-corrected chi connectivity index (χ1v) is 23.3. The standard InChI is InChI=1S/C26H24ClN7O3.C25H22ClN7O2/c1-3-22(35)31-16-8-9-29-20(12-16)23-17(27)5-4-15-13-30-26(34-24(15)23)33-19-7-6-18(32-25(19)36-2)21-14-28-10-11-37-21;1-2-22(34)31-16-7-8-28-20(11-16)23-18(26)5-3-15-12-30-25(33-24(15)23)32-17-4-6-19(29-13-17)21-14-27-9-10-35-21/h3-9,12-13,21,28H,1,10-11,14H2,2H3,(H,29,31,35)(H,30,33,34);2-8,11-13,21,27H,1,9-10,14H2,(H,28,31,34)(H,30,32,33). The number of morpholine rings is 2. The molecular formula is C51H46Cl2N14O5. The van der Waals surface area contributed by atoms with Crippen LogP contribution in [-0.4, -0.2) is 98.2 Å². The Morgan fingerprint density at radius 3 is 1.68 bits per heavy atom. The van der Waals surface area contributed by atoms with E-state index in [0.29, 0.717) is 98.2 Å². The van der Waals surface area contributed by atoms with Crippen LogP contribution in [0.2, 0.25) is 10.0 Å². The molecule has 0 saturated carbocycles. The van der Waals surface area contributed by atoms with Crippen LogP contribution >= 0.6 is 23.2 Å². The Hall–Kier alpha value is -8.04. The molecule has 0 radical (unpaired) electrons. The molecular weight excluding hydrogens is 960 g/mol. The molecule has 0 aliphatic carbocycles. The van der Waals surface area contributed by atoms with E-state index in [1.54, 1.807) is 74.5 Å². The molecule has 19 nitrogen and oxygen atoms in total. The van der Waals surface area contributed by atoms with Gasteiger partial charge in [0.05, 0.1) is 76.1 Å². The summed E-state index contributed by atoms with van der Waals surface area (Å²) in [5, 5.41) is 21.0. The van der Waals surface area contributed by atoms with Crippen molar-refractivity contribution in [3.05, 3.63) is 151 Å². The highest BCUT2D eigenvalue weighted by atomic mass is 35.5. The van der Waals surface area contributed by atoms with E-state index in [0.717, 1.165) is 47.5 Å². The minimum absolute atomic E-state index is 0.0565. The van der Waals surface area contributed by atoms with Gasteiger partial charge in [0.2, 0.25) is 29.6 Å². The Morgan fingerprint density at radius 1 is 0.639 bits per heavy atom. The molecule has 8 aromatic rings. The molecule has 2 unspecified atom stereocenters. The smallest absolute Gasteiger partial charge is 0.247 e. The number of benzene rings is 2. The number of aromatic nitrogens is 8. The van der Waals surface area contributed by atoms with Gasteiger partial charge in [0, 0.05) is 84.2 Å². The Bertz CT molecular complexity index is 3300. The van der Waals surface area contributed by atoms with Crippen molar-refractivity contribution in [3.63, 3.8) is 0 Å². The number of ether oxygens (including phenoxy) is 3. The van der Waals surface area contributed by atoms with Crippen LogP contribution < -0.4 is 36.6 Å². The molecule has 2 saturated heterocycles. The van der Waals surface area contributed by atoms with Crippen LogP contribution in [-0.2, 0) is 19.1 Å². The number of anilines is 6. The SMILES string of the molecule is C=CC(=O)Nc1ccnc(-c2c(Cl)ccc3cnc(Nc4ccc(C5CNCCO5)nc4)nc23)c1.C=CC(=O)Nc1ccnc(-c2c(Cl)ccc3cnc(Nc4ccc(C5CNCCO5)nc4OC)nc23)c1. The van der Waals surface area contributed by atoms with E-state index in [2.05, 4.69) is 75.0 Å². The maximum absolute atomic E-state index is 11.8. The van der Waals surface area contributed by atoms with Gasteiger partial charge in [0.25, 0.3) is 0 Å². The van der Waals surface area contributed by atoms with Gasteiger partial charge in [-0.05, 0) is 84.9 Å². The predicted octanol–water partition coefficient (Wildman–Crippen LogP) is 8.55. The quantitative estimate of drug-likeness (QED) is 0.0593. The lowest BCUT2D eigenvalue weighted by atomic mass is 10.1. The van der Waals surface area contributed by atoms with Crippen molar-refractivity contribution < 1.29 is 23.8 Å². The van der Waals surface area contributed by atoms with Gasteiger partial charge >= 0.3 is 0 Å². The van der Waals surface area contributed by atoms with Gasteiger partial charge in [0.1, 0.15) is 17.9 Å². The second-order valence-electron chi connectivity index (χ2n) is 16.0. The number of fused-ring (bicyclic) bond motifs is 2. The molecule has 2 fully saturated rings. The summed E-state index contributed by atoms with van der Waals surface area (Å²) in [7, 11) is 1.56. The molecule has 21 heteroatoms. The highest BCUT2D eigenvalue weighted by Gasteiger charge is 2.21. The first kappa shape index (κ1) is 49.0. The van der Waals surface area contributed by atoms with Gasteiger partial charge in [-0.25, -0.2) is 24.9 Å². The third kappa shape index (κ3) is 11.6. The summed E-state index contributed by atoms with van der Waals surface area (Å²) in [4.78, 5) is 59.9. The van der Waals surface area contributed by atoms with E-state index in [1.807, 2.05) is 36.4 Å². The lowest BCUT2D eigenvalue weighted by Crippen LogP contribution is -2.33. The molecule has 2 atom stereocenters. The fraction of sp³-hybridized carbons (Fsp3) is 0.176. The molecule has 0 bridgehead atoms. The molecule has 2 aliphatic heterocycles. The van der Waals surface area contributed by atoms with Gasteiger partial charge < -0.3 is 46.1 Å². The summed E-state index contributed by atoms with van der Waals surface area (Å²) in [6.07, 6.45) is 10.5. The second kappa shape index (κ2) is 22.8. The molecule has 2 amide bonds. The minimum atomic E-state index is -0.324. The Labute approximate surface area is 422 Å². The zero-order valence-corrected chi connectivity index (χ0v) is 40.2. The highest BCUT2D eigenvalue weighted by molar-refractivity contribution is 6.35. The van der Waals surface area contributed by atoms with Gasteiger partial charge in [-0.1, -0.05) is 36.4 Å². The van der Waals surface area contributed by atoms with E-state index in [9.17, 15) is 9.59 Å². The number of methoxy groups -OCH3 is 1. The first-order chi connectivity index (χ1) is 35.2. The van der Waals surface area contributed by atoms with Crippen LogP contribution in [0.1, 0.15) is 23.6 Å². The maximum atomic E-state index is 11.8. The van der Waals surface area contributed by atoms with Gasteiger partial charge in [-0.2, -0.15) is 0 Å². The zero-order chi connectivity index (χ0) is 50.0. The van der Waals surface area contributed by atoms with Crippen molar-refractivity contribution in [1.29, 1.82) is 0 Å². The molecule has 2 aromatic carbocycles. The van der Waals surface area contributed by atoms with Crippen LogP contribution in [0, 0.1) is 0 Å². The molecule has 10 rings (SSSR count). The van der Waals surface area contributed by atoms with Crippen LogP contribution in [0.15, 0.2) is 129 Å². The van der Waals surface area contributed by atoms with E-state index >= 15 is 0 Å². The molecule has 0 spiro atoms. The molecule has 8 heterocycles. The Balaban J connectivity index is 0.000000178. The topological polar surface area (TPSA) is 237 Å². The highest BCUT2D eigenvalue weighted by Crippen LogP contribution is 2.37. The van der Waals surface area contributed by atoms with E-state index in [-0.39, 0.29) is 24.0 Å². The average Bonchev–Trinajstić information content (AvgIpc) is 3.41. The number of nitrogens with zero attached hydrogens (tertiary/aromatic N) is 8. The van der Waals surface area contributed by atoms with Crippen molar-refractivity contribution in [2.24, 2.45) is 0 Å². The number of halogens is 2. The first-order valence-electron chi connectivity index (χ1n) is 22.6. The van der Waals surface area contributed by atoms with Crippen LogP contribution in [0.4, 0.5) is 34.6 Å². The number of amides is 2. The summed E-state index contributed by atoms with van der Waals surface area (Å²) in [6.45, 7) is 11.4.